The average Bonchev–Trinajstić information content (AvgIpc) is 2.67. The minimum atomic E-state index is 0.174. The maximum Gasteiger partial charge on any atom is 0.233 e. The second-order valence-electron chi connectivity index (χ2n) is 4.78. The molecule has 0 radical (unpaired) electrons. The molecular weight excluding hydrogens is 250 g/mol. The molecule has 18 heavy (non-hydrogen) atoms. The van der Waals surface area contributed by atoms with Crippen molar-refractivity contribution in [3.63, 3.8) is 0 Å². The van der Waals surface area contributed by atoms with Gasteiger partial charge >= 0.3 is 0 Å². The summed E-state index contributed by atoms with van der Waals surface area (Å²) in [5.41, 5.74) is 5.59. The van der Waals surface area contributed by atoms with E-state index < -0.39 is 0 Å². The lowest BCUT2D eigenvalue weighted by Crippen LogP contribution is -2.40. The monoisotopic (exact) mass is 269 g/mol. The fourth-order valence-corrected chi connectivity index (χ4v) is 2.91. The van der Waals surface area contributed by atoms with Crippen molar-refractivity contribution in [2.75, 3.05) is 24.6 Å². The second kappa shape index (κ2) is 5.60. The number of nitrogens with zero attached hydrogens (tertiary/aromatic N) is 4. The van der Waals surface area contributed by atoms with Gasteiger partial charge < -0.3 is 10.6 Å². The Bertz CT molecular complexity index is 433. The summed E-state index contributed by atoms with van der Waals surface area (Å²) >= 11 is 1.39. The van der Waals surface area contributed by atoms with Crippen LogP contribution in [0.1, 0.15) is 19.8 Å². The number of nitrogens with two attached hydrogens (primary N) is 1. The highest BCUT2D eigenvalue weighted by Gasteiger charge is 2.21. The maximum atomic E-state index is 12.1. The van der Waals surface area contributed by atoms with E-state index in [1.165, 1.54) is 18.2 Å². The minimum Gasteiger partial charge on any atom is -0.368 e. The second-order valence-corrected chi connectivity index (χ2v) is 5.72. The van der Waals surface area contributed by atoms with Gasteiger partial charge in [0.05, 0.1) is 5.75 Å². The van der Waals surface area contributed by atoms with Gasteiger partial charge in [-0.05, 0) is 18.8 Å². The third-order valence-electron chi connectivity index (χ3n) is 3.20. The van der Waals surface area contributed by atoms with Crippen LogP contribution in [0.2, 0.25) is 0 Å². The summed E-state index contributed by atoms with van der Waals surface area (Å²) in [6, 6.07) is 0. The first-order valence-corrected chi connectivity index (χ1v) is 7.12. The van der Waals surface area contributed by atoms with Gasteiger partial charge in [-0.25, -0.2) is 0 Å². The highest BCUT2D eigenvalue weighted by molar-refractivity contribution is 7.99. The van der Waals surface area contributed by atoms with Gasteiger partial charge in [-0.15, -0.1) is 10.2 Å². The molecule has 0 bridgehead atoms. The van der Waals surface area contributed by atoms with Crippen molar-refractivity contribution >= 4 is 23.6 Å². The molecule has 2 N–H and O–H groups in total. The molecule has 2 heterocycles. The zero-order valence-electron chi connectivity index (χ0n) is 10.8. The lowest BCUT2D eigenvalue weighted by atomic mass is 10.0. The number of nitrogen functional groups attached to an aromatic ring is 1. The summed E-state index contributed by atoms with van der Waals surface area (Å²) in [4.78, 5) is 14.0. The van der Waals surface area contributed by atoms with Crippen molar-refractivity contribution in [3.05, 3.63) is 0 Å². The zero-order chi connectivity index (χ0) is 13.1. The largest absolute Gasteiger partial charge is 0.368 e. The lowest BCUT2D eigenvalue weighted by molar-refractivity contribution is -0.130. The van der Waals surface area contributed by atoms with Crippen LogP contribution >= 0.6 is 11.8 Å². The Labute approximate surface area is 111 Å². The number of piperidine rings is 1. The standard InChI is InChI=1S/C11H19N5OS/c1-8-4-3-5-16(6-8)9(17)7-18-11-14-13-10(12)15(11)2/h8H,3-7H2,1-2H3,(H2,12,13). The van der Waals surface area contributed by atoms with E-state index in [1.54, 1.807) is 11.6 Å². The lowest BCUT2D eigenvalue weighted by Gasteiger charge is -2.30. The van der Waals surface area contributed by atoms with E-state index >= 15 is 0 Å². The van der Waals surface area contributed by atoms with Crippen LogP contribution in [-0.4, -0.2) is 44.4 Å². The molecule has 100 valence electrons. The SMILES string of the molecule is CC1CCCN(C(=O)CSc2nnc(N)n2C)C1. The maximum absolute atomic E-state index is 12.1. The Morgan fingerprint density at radius 3 is 2.94 bits per heavy atom. The molecule has 1 aliphatic heterocycles. The molecule has 0 saturated carbocycles. The number of amides is 1. The summed E-state index contributed by atoms with van der Waals surface area (Å²) < 4.78 is 1.69. The molecule has 0 aromatic carbocycles. The number of carbonyl (C=O) groups excluding carboxylic acids is 1. The molecule has 1 saturated heterocycles. The van der Waals surface area contributed by atoms with Crippen LogP contribution < -0.4 is 5.73 Å². The number of carbonyl (C=O) groups is 1. The molecule has 1 fully saturated rings. The number of anilines is 1. The van der Waals surface area contributed by atoms with E-state index in [-0.39, 0.29) is 5.91 Å². The highest BCUT2D eigenvalue weighted by Crippen LogP contribution is 2.20. The van der Waals surface area contributed by atoms with Gasteiger partial charge in [0.1, 0.15) is 0 Å². The van der Waals surface area contributed by atoms with Crippen LogP contribution in [0.25, 0.3) is 0 Å². The van der Waals surface area contributed by atoms with Crippen LogP contribution in [0, 0.1) is 5.92 Å². The number of hydrogen-bond donors (Lipinski definition) is 1. The third-order valence-corrected chi connectivity index (χ3v) is 4.21. The van der Waals surface area contributed by atoms with E-state index in [0.717, 1.165) is 19.5 Å². The molecule has 1 amide bonds. The molecule has 6 nitrogen and oxygen atoms in total. The number of rotatable bonds is 3. The predicted molar refractivity (Wildman–Crippen MR) is 71.1 cm³/mol. The van der Waals surface area contributed by atoms with Gasteiger partial charge in [0.25, 0.3) is 0 Å². The van der Waals surface area contributed by atoms with Crippen LogP contribution in [0.3, 0.4) is 0 Å². The van der Waals surface area contributed by atoms with Crippen molar-refractivity contribution in [2.45, 2.75) is 24.9 Å². The summed E-state index contributed by atoms with van der Waals surface area (Å²) in [7, 11) is 1.80. The van der Waals surface area contributed by atoms with Gasteiger partial charge in [-0.2, -0.15) is 0 Å². The van der Waals surface area contributed by atoms with E-state index in [0.29, 0.717) is 22.8 Å². The van der Waals surface area contributed by atoms with Crippen LogP contribution in [0.5, 0.6) is 0 Å². The molecule has 0 aliphatic carbocycles. The van der Waals surface area contributed by atoms with E-state index in [2.05, 4.69) is 17.1 Å². The number of hydrogen-bond acceptors (Lipinski definition) is 5. The van der Waals surface area contributed by atoms with Gasteiger partial charge in [0.2, 0.25) is 11.9 Å². The van der Waals surface area contributed by atoms with E-state index in [1.807, 2.05) is 4.90 Å². The van der Waals surface area contributed by atoms with Crippen LogP contribution in [0.4, 0.5) is 5.95 Å². The van der Waals surface area contributed by atoms with Crippen molar-refractivity contribution in [1.82, 2.24) is 19.7 Å². The van der Waals surface area contributed by atoms with Crippen LogP contribution in [-0.2, 0) is 11.8 Å². The van der Waals surface area contributed by atoms with Crippen molar-refractivity contribution in [1.29, 1.82) is 0 Å². The Hall–Kier alpha value is -1.24. The molecular formula is C11H19N5OS. The van der Waals surface area contributed by atoms with Crippen molar-refractivity contribution in [3.8, 4) is 0 Å². The summed E-state index contributed by atoms with van der Waals surface area (Å²) in [6.07, 6.45) is 2.32. The molecule has 1 atom stereocenters. The first kappa shape index (κ1) is 13.2. The average molecular weight is 269 g/mol. The van der Waals surface area contributed by atoms with Crippen molar-refractivity contribution in [2.24, 2.45) is 13.0 Å². The number of likely N-dealkylation sites (tertiary alicyclic amines) is 1. The molecule has 7 heteroatoms. The third kappa shape index (κ3) is 2.95. The quantitative estimate of drug-likeness (QED) is 0.819. The molecule has 1 aliphatic rings. The summed E-state index contributed by atoms with van der Waals surface area (Å²) in [5, 5.41) is 8.38. The highest BCUT2D eigenvalue weighted by atomic mass is 32.2. The number of aromatic nitrogens is 3. The van der Waals surface area contributed by atoms with Crippen molar-refractivity contribution < 1.29 is 4.79 Å². The smallest absolute Gasteiger partial charge is 0.233 e. The molecule has 1 aromatic heterocycles. The molecule has 2 rings (SSSR count). The van der Waals surface area contributed by atoms with E-state index in [9.17, 15) is 4.79 Å². The predicted octanol–water partition coefficient (Wildman–Crippen LogP) is 0.748. The Morgan fingerprint density at radius 1 is 1.56 bits per heavy atom. The number of thioether (sulfide) groups is 1. The van der Waals surface area contributed by atoms with Gasteiger partial charge in [-0.1, -0.05) is 18.7 Å². The Balaban J connectivity index is 1.86. The minimum absolute atomic E-state index is 0.174. The fourth-order valence-electron chi connectivity index (χ4n) is 2.09. The first-order valence-electron chi connectivity index (χ1n) is 6.13. The summed E-state index contributed by atoms with van der Waals surface area (Å²) in [5.74, 6) is 1.56. The van der Waals surface area contributed by atoms with Gasteiger partial charge in [0, 0.05) is 20.1 Å². The normalized spacial score (nSPS) is 20.1. The van der Waals surface area contributed by atoms with Crippen LogP contribution in [0.15, 0.2) is 5.16 Å². The van der Waals surface area contributed by atoms with Gasteiger partial charge in [0.15, 0.2) is 5.16 Å². The van der Waals surface area contributed by atoms with Gasteiger partial charge in [-0.3, -0.25) is 9.36 Å². The molecule has 1 aromatic rings. The molecule has 1 unspecified atom stereocenters. The Kier molecular flexibility index (Phi) is 4.11. The summed E-state index contributed by atoms with van der Waals surface area (Å²) in [6.45, 7) is 3.95. The fraction of sp³-hybridized carbons (Fsp3) is 0.727. The topological polar surface area (TPSA) is 77.0 Å². The zero-order valence-corrected chi connectivity index (χ0v) is 11.6. The Morgan fingerprint density at radius 2 is 2.33 bits per heavy atom. The first-order chi connectivity index (χ1) is 8.58. The van der Waals surface area contributed by atoms with E-state index in [4.69, 9.17) is 5.73 Å². The molecule has 0 spiro atoms.